The Hall–Kier alpha value is -3.83. The van der Waals surface area contributed by atoms with Crippen LogP contribution in [0.15, 0.2) is 52.3 Å². The van der Waals surface area contributed by atoms with Crippen LogP contribution in [0.5, 0.6) is 0 Å². The number of ether oxygens (including phenoxy) is 2. The van der Waals surface area contributed by atoms with Crippen LogP contribution in [0.4, 0.5) is 5.69 Å². The molecule has 3 aromatic rings. The molecule has 32 heavy (non-hydrogen) atoms. The van der Waals surface area contributed by atoms with Crippen molar-refractivity contribution in [1.29, 1.82) is 0 Å². The SMILES string of the molecule is COC(C)n1c(C=Cc2cnn(-c3ccccc3)c2)c([N+](=O)[O-])c(=O)n(C(C)OC)c1=O. The summed E-state index contributed by atoms with van der Waals surface area (Å²) in [6.07, 6.45) is 4.26. The van der Waals surface area contributed by atoms with Crippen LogP contribution < -0.4 is 11.2 Å². The molecule has 2 unspecified atom stereocenters. The average Bonchev–Trinajstić information content (AvgIpc) is 3.26. The molecular weight excluding hydrogens is 418 g/mol. The molecule has 2 aromatic heterocycles. The minimum atomic E-state index is -1.06. The lowest BCUT2D eigenvalue weighted by Gasteiger charge is -2.20. The second kappa shape index (κ2) is 9.54. The number of para-hydroxylation sites is 1. The van der Waals surface area contributed by atoms with Crippen molar-refractivity contribution in [2.75, 3.05) is 14.2 Å². The van der Waals surface area contributed by atoms with E-state index >= 15 is 0 Å². The summed E-state index contributed by atoms with van der Waals surface area (Å²) >= 11 is 0. The van der Waals surface area contributed by atoms with Crippen LogP contribution in [0.2, 0.25) is 0 Å². The first-order valence-corrected chi connectivity index (χ1v) is 9.69. The number of rotatable bonds is 8. The van der Waals surface area contributed by atoms with Gasteiger partial charge in [-0.25, -0.2) is 14.0 Å². The summed E-state index contributed by atoms with van der Waals surface area (Å²) in [6.45, 7) is 2.99. The monoisotopic (exact) mass is 441 g/mol. The fraction of sp³-hybridized carbons (Fsp3) is 0.286. The van der Waals surface area contributed by atoms with Gasteiger partial charge in [0.1, 0.15) is 18.1 Å². The highest BCUT2D eigenvalue weighted by atomic mass is 16.6. The second-order valence-corrected chi connectivity index (χ2v) is 6.88. The summed E-state index contributed by atoms with van der Waals surface area (Å²) in [6, 6.07) is 9.38. The average molecular weight is 441 g/mol. The van der Waals surface area contributed by atoms with E-state index in [0.717, 1.165) is 10.3 Å². The van der Waals surface area contributed by atoms with Crippen LogP contribution in [0, 0.1) is 10.1 Å². The Kier molecular flexibility index (Phi) is 6.81. The molecule has 3 rings (SSSR count). The smallest absolute Gasteiger partial charge is 0.357 e. The Morgan fingerprint density at radius 2 is 1.66 bits per heavy atom. The van der Waals surface area contributed by atoms with Crippen molar-refractivity contribution in [2.24, 2.45) is 0 Å². The molecule has 11 heteroatoms. The molecule has 0 bridgehead atoms. The first-order chi connectivity index (χ1) is 15.3. The van der Waals surface area contributed by atoms with E-state index in [1.807, 2.05) is 30.3 Å². The van der Waals surface area contributed by atoms with Crippen LogP contribution in [0.25, 0.3) is 17.8 Å². The number of nitro groups is 1. The van der Waals surface area contributed by atoms with E-state index in [9.17, 15) is 19.7 Å². The third-order valence-electron chi connectivity index (χ3n) is 4.98. The number of benzene rings is 1. The quantitative estimate of drug-likeness (QED) is 0.389. The summed E-state index contributed by atoms with van der Waals surface area (Å²) in [5.74, 6) is 0. The maximum atomic E-state index is 13.1. The van der Waals surface area contributed by atoms with Crippen LogP contribution >= 0.6 is 0 Å². The lowest BCUT2D eigenvalue weighted by atomic mass is 10.2. The van der Waals surface area contributed by atoms with Crippen LogP contribution in [0.3, 0.4) is 0 Å². The molecule has 0 radical (unpaired) electrons. The number of hydrogen-bond donors (Lipinski definition) is 0. The van der Waals surface area contributed by atoms with E-state index in [1.165, 1.54) is 33.3 Å². The minimum Gasteiger partial charge on any atom is -0.361 e. The molecule has 2 heterocycles. The van der Waals surface area contributed by atoms with E-state index in [0.29, 0.717) is 10.1 Å². The Balaban J connectivity index is 2.19. The fourth-order valence-corrected chi connectivity index (χ4v) is 3.18. The van der Waals surface area contributed by atoms with E-state index in [4.69, 9.17) is 9.47 Å². The summed E-state index contributed by atoms with van der Waals surface area (Å²) in [5, 5.41) is 16.1. The van der Waals surface area contributed by atoms with Gasteiger partial charge in [0.2, 0.25) is 0 Å². The molecule has 11 nitrogen and oxygen atoms in total. The predicted molar refractivity (Wildman–Crippen MR) is 118 cm³/mol. The topological polar surface area (TPSA) is 123 Å². The van der Waals surface area contributed by atoms with Gasteiger partial charge < -0.3 is 9.47 Å². The molecule has 1 aromatic carbocycles. The summed E-state index contributed by atoms with van der Waals surface area (Å²) < 4.78 is 13.7. The van der Waals surface area contributed by atoms with Crippen LogP contribution in [0.1, 0.15) is 37.6 Å². The third kappa shape index (κ3) is 4.29. The molecule has 0 fully saturated rings. The maximum absolute atomic E-state index is 13.1. The van der Waals surface area contributed by atoms with Gasteiger partial charge in [-0.15, -0.1) is 0 Å². The molecule has 0 saturated carbocycles. The zero-order valence-corrected chi connectivity index (χ0v) is 18.0. The zero-order valence-electron chi connectivity index (χ0n) is 18.0. The Morgan fingerprint density at radius 3 is 2.25 bits per heavy atom. The van der Waals surface area contributed by atoms with Crippen molar-refractivity contribution in [3.63, 3.8) is 0 Å². The molecule has 0 saturated heterocycles. The van der Waals surface area contributed by atoms with Crippen molar-refractivity contribution in [3.05, 3.63) is 84.9 Å². The number of methoxy groups -OCH3 is 2. The molecular formula is C21H23N5O6. The molecule has 0 spiro atoms. The van der Waals surface area contributed by atoms with Gasteiger partial charge in [-0.1, -0.05) is 18.2 Å². The zero-order chi connectivity index (χ0) is 23.4. The van der Waals surface area contributed by atoms with Gasteiger partial charge in [0.25, 0.3) is 0 Å². The Morgan fingerprint density at radius 1 is 1.03 bits per heavy atom. The standard InChI is InChI=1S/C21H23N5O6/c1-14(31-3)24-18(19(26(29)30)20(27)25(21(24)28)15(2)32-4)11-10-16-12-22-23(13-16)17-8-6-5-7-9-17/h5-15H,1-4H3. The predicted octanol–water partition coefficient (Wildman–Crippen LogP) is 2.60. The van der Waals surface area contributed by atoms with Crippen molar-refractivity contribution in [2.45, 2.75) is 26.3 Å². The third-order valence-corrected chi connectivity index (χ3v) is 4.98. The number of nitrogens with zero attached hydrogens (tertiary/aromatic N) is 5. The van der Waals surface area contributed by atoms with Crippen molar-refractivity contribution >= 4 is 17.8 Å². The van der Waals surface area contributed by atoms with Gasteiger partial charge in [-0.3, -0.25) is 19.5 Å². The minimum absolute atomic E-state index is 0.189. The van der Waals surface area contributed by atoms with Crippen LogP contribution in [-0.4, -0.2) is 38.1 Å². The molecule has 0 aliphatic rings. The van der Waals surface area contributed by atoms with Gasteiger partial charge in [0.15, 0.2) is 0 Å². The lowest BCUT2D eigenvalue weighted by Crippen LogP contribution is -2.45. The first kappa shape index (κ1) is 22.8. The number of hydrogen-bond acceptors (Lipinski definition) is 7. The highest BCUT2D eigenvalue weighted by molar-refractivity contribution is 5.71. The van der Waals surface area contributed by atoms with Gasteiger partial charge in [0.05, 0.1) is 16.8 Å². The second-order valence-electron chi connectivity index (χ2n) is 6.88. The Bertz CT molecular complexity index is 1260. The maximum Gasteiger partial charge on any atom is 0.357 e. The first-order valence-electron chi connectivity index (χ1n) is 9.69. The van der Waals surface area contributed by atoms with Crippen LogP contribution in [-0.2, 0) is 9.47 Å². The summed E-state index contributed by atoms with van der Waals surface area (Å²) in [5.41, 5.74) is -1.35. The van der Waals surface area contributed by atoms with Crippen molar-refractivity contribution < 1.29 is 14.4 Å². The summed E-state index contributed by atoms with van der Waals surface area (Å²) in [7, 11) is 2.65. The molecule has 2 atom stereocenters. The highest BCUT2D eigenvalue weighted by Gasteiger charge is 2.30. The van der Waals surface area contributed by atoms with Gasteiger partial charge in [-0.05, 0) is 38.1 Å². The lowest BCUT2D eigenvalue weighted by molar-refractivity contribution is -0.387. The van der Waals surface area contributed by atoms with E-state index in [2.05, 4.69) is 5.10 Å². The van der Waals surface area contributed by atoms with E-state index in [-0.39, 0.29) is 5.69 Å². The molecule has 0 aliphatic heterocycles. The highest BCUT2D eigenvalue weighted by Crippen LogP contribution is 2.21. The normalized spacial score (nSPS) is 13.4. The molecule has 168 valence electrons. The van der Waals surface area contributed by atoms with Crippen molar-refractivity contribution in [1.82, 2.24) is 18.9 Å². The van der Waals surface area contributed by atoms with E-state index in [1.54, 1.807) is 24.0 Å². The van der Waals surface area contributed by atoms with Gasteiger partial charge >= 0.3 is 16.9 Å². The fourth-order valence-electron chi connectivity index (χ4n) is 3.18. The van der Waals surface area contributed by atoms with Gasteiger partial charge in [-0.2, -0.15) is 5.10 Å². The van der Waals surface area contributed by atoms with Crippen molar-refractivity contribution in [3.8, 4) is 5.69 Å². The largest absolute Gasteiger partial charge is 0.361 e. The van der Waals surface area contributed by atoms with E-state index < -0.39 is 34.3 Å². The molecule has 0 N–H and O–H groups in total. The summed E-state index contributed by atoms with van der Waals surface area (Å²) in [4.78, 5) is 36.9. The van der Waals surface area contributed by atoms with Gasteiger partial charge in [0, 0.05) is 26.0 Å². The molecule has 0 aliphatic carbocycles. The molecule has 0 amide bonds. The Labute approximate surface area is 182 Å². The number of aromatic nitrogens is 4.